The summed E-state index contributed by atoms with van der Waals surface area (Å²) < 4.78 is 48.6. The molecule has 1 aromatic rings. The Labute approximate surface area is 145 Å². The highest BCUT2D eigenvalue weighted by molar-refractivity contribution is 5.68. The summed E-state index contributed by atoms with van der Waals surface area (Å²) in [5.41, 5.74) is -1.68. The molecule has 140 valence electrons. The van der Waals surface area contributed by atoms with Crippen LogP contribution in [-0.4, -0.2) is 22.9 Å². The van der Waals surface area contributed by atoms with Gasteiger partial charge in [-0.2, -0.15) is 8.78 Å². The number of alkyl halides is 2. The van der Waals surface area contributed by atoms with Crippen LogP contribution in [0, 0.1) is 11.7 Å². The van der Waals surface area contributed by atoms with Gasteiger partial charge in [-0.3, -0.25) is 0 Å². The Morgan fingerprint density at radius 3 is 2.44 bits per heavy atom. The Kier molecular flexibility index (Phi) is 5.37. The molecule has 0 heterocycles. The highest BCUT2D eigenvalue weighted by Crippen LogP contribution is 2.45. The van der Waals surface area contributed by atoms with E-state index >= 15 is 0 Å². The van der Waals surface area contributed by atoms with Crippen molar-refractivity contribution in [2.24, 2.45) is 5.92 Å². The number of aliphatic hydroxyl groups excluding tert-OH is 1. The molecule has 7 heteroatoms. The highest BCUT2D eigenvalue weighted by atomic mass is 19.3. The van der Waals surface area contributed by atoms with Gasteiger partial charge in [0.05, 0.1) is 11.6 Å². The van der Waals surface area contributed by atoms with Crippen LogP contribution in [0.25, 0.3) is 0 Å². The minimum absolute atomic E-state index is 0.0916. The Balaban J connectivity index is 2.21. The smallest absolute Gasteiger partial charge is 0.408 e. The number of benzene rings is 1. The van der Waals surface area contributed by atoms with E-state index in [1.807, 2.05) is 0 Å². The van der Waals surface area contributed by atoms with Gasteiger partial charge >= 0.3 is 12.0 Å². The predicted octanol–water partition coefficient (Wildman–Crippen LogP) is 4.27. The van der Waals surface area contributed by atoms with E-state index in [2.05, 4.69) is 5.32 Å². The van der Waals surface area contributed by atoms with Gasteiger partial charge in [-0.1, -0.05) is 12.1 Å². The van der Waals surface area contributed by atoms with Crippen LogP contribution < -0.4 is 5.32 Å². The number of ether oxygens (including phenoxy) is 1. The topological polar surface area (TPSA) is 58.6 Å². The van der Waals surface area contributed by atoms with Gasteiger partial charge in [0.25, 0.3) is 0 Å². The van der Waals surface area contributed by atoms with E-state index in [1.54, 1.807) is 20.8 Å². The Morgan fingerprint density at radius 2 is 1.92 bits per heavy atom. The maximum atomic E-state index is 14.7. The van der Waals surface area contributed by atoms with Crippen molar-refractivity contribution >= 4 is 6.09 Å². The molecule has 0 radical (unpaired) electrons. The van der Waals surface area contributed by atoms with Gasteiger partial charge in [-0.05, 0) is 52.5 Å². The van der Waals surface area contributed by atoms with Crippen molar-refractivity contribution in [2.45, 2.75) is 64.2 Å². The van der Waals surface area contributed by atoms with Gasteiger partial charge in [0.1, 0.15) is 17.5 Å². The molecule has 1 aromatic carbocycles. The van der Waals surface area contributed by atoms with Crippen LogP contribution in [0.1, 0.15) is 57.7 Å². The molecule has 2 rings (SSSR count). The number of amides is 1. The standard InChI is InChI=1S/C18H24F3NO3/c1-10(22-16(24)25-17(2,3)4)12-6-5-7-13(14(12)19)18(20,21)15(23)11-8-9-11/h5-7,10-11,15,23H,8-9H2,1-4H3,(H,22,24)/t10-,15?/m1/s1. The lowest BCUT2D eigenvalue weighted by Crippen LogP contribution is -2.36. The Morgan fingerprint density at radius 1 is 1.32 bits per heavy atom. The van der Waals surface area contributed by atoms with Crippen LogP contribution in [0.15, 0.2) is 18.2 Å². The summed E-state index contributed by atoms with van der Waals surface area (Å²) in [5, 5.41) is 12.2. The van der Waals surface area contributed by atoms with Gasteiger partial charge in [0.15, 0.2) is 0 Å². The number of rotatable bonds is 5. The molecule has 1 fully saturated rings. The second-order valence-electron chi connectivity index (χ2n) is 7.48. The average molecular weight is 359 g/mol. The number of carbonyl (C=O) groups is 1. The van der Waals surface area contributed by atoms with Gasteiger partial charge < -0.3 is 15.2 Å². The summed E-state index contributed by atoms with van der Waals surface area (Å²) in [4.78, 5) is 11.8. The molecule has 0 bridgehead atoms. The molecule has 1 unspecified atom stereocenters. The van der Waals surface area contributed by atoms with Crippen molar-refractivity contribution in [1.29, 1.82) is 0 Å². The molecule has 1 aliphatic rings. The van der Waals surface area contributed by atoms with Crippen LogP contribution >= 0.6 is 0 Å². The molecule has 2 atom stereocenters. The quantitative estimate of drug-likeness (QED) is 0.825. The van der Waals surface area contributed by atoms with Crippen molar-refractivity contribution < 1.29 is 27.8 Å². The van der Waals surface area contributed by atoms with Crippen LogP contribution in [0.5, 0.6) is 0 Å². The zero-order valence-corrected chi connectivity index (χ0v) is 14.8. The second kappa shape index (κ2) is 6.86. The van der Waals surface area contributed by atoms with Crippen molar-refractivity contribution in [3.8, 4) is 0 Å². The predicted molar refractivity (Wildman–Crippen MR) is 86.8 cm³/mol. The average Bonchev–Trinajstić information content (AvgIpc) is 3.28. The van der Waals surface area contributed by atoms with Crippen LogP contribution in [0.4, 0.5) is 18.0 Å². The zero-order valence-electron chi connectivity index (χ0n) is 14.8. The van der Waals surface area contributed by atoms with Gasteiger partial charge in [-0.25, -0.2) is 9.18 Å². The molecule has 1 aliphatic carbocycles. The first-order chi connectivity index (χ1) is 11.4. The lowest BCUT2D eigenvalue weighted by atomic mass is 9.95. The lowest BCUT2D eigenvalue weighted by Gasteiger charge is -2.26. The number of nitrogens with one attached hydrogen (secondary N) is 1. The number of hydrogen-bond acceptors (Lipinski definition) is 3. The van der Waals surface area contributed by atoms with Crippen LogP contribution in [0.2, 0.25) is 0 Å². The Hall–Kier alpha value is -1.76. The van der Waals surface area contributed by atoms with Crippen LogP contribution in [0.3, 0.4) is 0 Å². The van der Waals surface area contributed by atoms with Gasteiger partial charge in [-0.15, -0.1) is 0 Å². The van der Waals surface area contributed by atoms with Gasteiger partial charge in [0, 0.05) is 5.56 Å². The zero-order chi connectivity index (χ0) is 19.0. The molecular formula is C18H24F3NO3. The fourth-order valence-electron chi connectivity index (χ4n) is 2.57. The van der Waals surface area contributed by atoms with E-state index in [-0.39, 0.29) is 5.56 Å². The normalized spacial score (nSPS) is 17.8. The van der Waals surface area contributed by atoms with Crippen molar-refractivity contribution in [1.82, 2.24) is 5.32 Å². The molecule has 0 aliphatic heterocycles. The van der Waals surface area contributed by atoms with E-state index in [9.17, 15) is 23.1 Å². The van der Waals surface area contributed by atoms with Crippen LogP contribution in [-0.2, 0) is 10.7 Å². The summed E-state index contributed by atoms with van der Waals surface area (Å²) in [5.74, 6) is -5.32. The maximum Gasteiger partial charge on any atom is 0.408 e. The molecule has 25 heavy (non-hydrogen) atoms. The lowest BCUT2D eigenvalue weighted by molar-refractivity contribution is -0.126. The molecule has 0 saturated heterocycles. The minimum Gasteiger partial charge on any atom is -0.444 e. The van der Waals surface area contributed by atoms with E-state index in [0.717, 1.165) is 6.07 Å². The molecule has 1 amide bonds. The first-order valence-electron chi connectivity index (χ1n) is 8.27. The molecule has 4 nitrogen and oxygen atoms in total. The van der Waals surface area contributed by atoms with Crippen molar-refractivity contribution in [2.75, 3.05) is 0 Å². The number of hydrogen-bond donors (Lipinski definition) is 2. The molecule has 0 spiro atoms. The molecular weight excluding hydrogens is 335 g/mol. The fraction of sp³-hybridized carbons (Fsp3) is 0.611. The van der Waals surface area contributed by atoms with Crippen molar-refractivity contribution in [3.63, 3.8) is 0 Å². The SMILES string of the molecule is C[C@@H](NC(=O)OC(C)(C)C)c1cccc(C(F)(F)C(O)C2CC2)c1F. The van der Waals surface area contributed by atoms with E-state index in [1.165, 1.54) is 19.1 Å². The third-order valence-corrected chi connectivity index (χ3v) is 4.03. The van der Waals surface area contributed by atoms with E-state index < -0.39 is 47.1 Å². The summed E-state index contributed by atoms with van der Waals surface area (Å²) in [6, 6.07) is 2.70. The largest absolute Gasteiger partial charge is 0.444 e. The fourth-order valence-corrected chi connectivity index (χ4v) is 2.57. The molecule has 2 N–H and O–H groups in total. The summed E-state index contributed by atoms with van der Waals surface area (Å²) >= 11 is 0. The summed E-state index contributed by atoms with van der Waals surface area (Å²) in [6.45, 7) is 6.51. The van der Waals surface area contributed by atoms with Crippen molar-refractivity contribution in [3.05, 3.63) is 35.1 Å². The number of aliphatic hydroxyl groups is 1. The maximum absolute atomic E-state index is 14.7. The summed E-state index contributed by atoms with van der Waals surface area (Å²) in [6.07, 6.45) is -1.66. The first kappa shape index (κ1) is 19.6. The van der Waals surface area contributed by atoms with Gasteiger partial charge in [0.2, 0.25) is 0 Å². The third kappa shape index (κ3) is 4.66. The number of carbonyl (C=O) groups excluding carboxylic acids is 1. The molecule has 0 aromatic heterocycles. The second-order valence-corrected chi connectivity index (χ2v) is 7.48. The monoisotopic (exact) mass is 359 g/mol. The molecule has 1 saturated carbocycles. The Bertz CT molecular complexity index is 639. The van der Waals surface area contributed by atoms with E-state index in [4.69, 9.17) is 4.74 Å². The third-order valence-electron chi connectivity index (χ3n) is 4.03. The first-order valence-corrected chi connectivity index (χ1v) is 8.27. The minimum atomic E-state index is -3.69. The van der Waals surface area contributed by atoms with E-state index in [0.29, 0.717) is 12.8 Å². The highest BCUT2D eigenvalue weighted by Gasteiger charge is 2.50. The number of halogens is 3. The number of alkyl carbamates (subject to hydrolysis) is 1. The summed E-state index contributed by atoms with van der Waals surface area (Å²) in [7, 11) is 0.